The number of nitrogens with zero attached hydrogens (tertiary/aromatic N) is 1. The molecule has 0 bridgehead atoms. The largest absolute Gasteiger partial charge is 0.326 e. The third kappa shape index (κ3) is 2.40. The summed E-state index contributed by atoms with van der Waals surface area (Å²) >= 11 is 3.22. The van der Waals surface area contributed by atoms with E-state index in [4.69, 9.17) is 5.73 Å². The Hall–Kier alpha value is -0.840. The molecule has 0 aliphatic heterocycles. The molecular formula is C11H12N2S2. The van der Waals surface area contributed by atoms with E-state index >= 15 is 0 Å². The highest BCUT2D eigenvalue weighted by Crippen LogP contribution is 2.24. The SMILES string of the molecule is CSc1ccc(-c2cc(CN)sn2)cc1. The van der Waals surface area contributed by atoms with Crippen LogP contribution in [0, 0.1) is 0 Å². The summed E-state index contributed by atoms with van der Waals surface area (Å²) in [6.45, 7) is 0.570. The maximum Gasteiger partial charge on any atom is 0.0844 e. The van der Waals surface area contributed by atoms with Gasteiger partial charge in [-0.3, -0.25) is 0 Å². The Bertz CT molecular complexity index is 434. The zero-order chi connectivity index (χ0) is 10.7. The van der Waals surface area contributed by atoms with Gasteiger partial charge in [0.25, 0.3) is 0 Å². The van der Waals surface area contributed by atoms with Crippen molar-refractivity contribution in [3.05, 3.63) is 35.2 Å². The van der Waals surface area contributed by atoms with Gasteiger partial charge in [-0.25, -0.2) is 0 Å². The van der Waals surface area contributed by atoms with Gasteiger partial charge in [-0.05, 0) is 36.0 Å². The first kappa shape index (κ1) is 10.7. The topological polar surface area (TPSA) is 38.9 Å². The molecule has 2 nitrogen and oxygen atoms in total. The molecule has 0 aliphatic rings. The van der Waals surface area contributed by atoms with E-state index in [0.717, 1.165) is 16.1 Å². The molecule has 0 fully saturated rings. The average molecular weight is 236 g/mol. The molecule has 2 N–H and O–H groups in total. The molecule has 2 aromatic rings. The van der Waals surface area contributed by atoms with Gasteiger partial charge in [0, 0.05) is 21.9 Å². The van der Waals surface area contributed by atoms with Crippen LogP contribution in [0.1, 0.15) is 4.88 Å². The van der Waals surface area contributed by atoms with E-state index in [1.54, 1.807) is 11.8 Å². The summed E-state index contributed by atoms with van der Waals surface area (Å²) in [6, 6.07) is 10.5. The minimum absolute atomic E-state index is 0.570. The lowest BCUT2D eigenvalue weighted by atomic mass is 10.1. The maximum atomic E-state index is 5.55. The Morgan fingerprint density at radius 2 is 2.07 bits per heavy atom. The van der Waals surface area contributed by atoms with Crippen LogP contribution in [0.3, 0.4) is 0 Å². The van der Waals surface area contributed by atoms with Crippen molar-refractivity contribution in [2.24, 2.45) is 5.73 Å². The van der Waals surface area contributed by atoms with Crippen LogP contribution in [0.5, 0.6) is 0 Å². The molecule has 0 spiro atoms. The van der Waals surface area contributed by atoms with Gasteiger partial charge in [0.15, 0.2) is 0 Å². The molecule has 0 saturated carbocycles. The van der Waals surface area contributed by atoms with E-state index in [-0.39, 0.29) is 0 Å². The highest BCUT2D eigenvalue weighted by molar-refractivity contribution is 7.98. The van der Waals surface area contributed by atoms with Crippen molar-refractivity contribution in [1.82, 2.24) is 4.37 Å². The van der Waals surface area contributed by atoms with Gasteiger partial charge in [0.05, 0.1) is 5.69 Å². The smallest absolute Gasteiger partial charge is 0.0844 e. The Kier molecular flexibility index (Phi) is 3.41. The Labute approximate surface area is 97.7 Å². The molecule has 4 heteroatoms. The first-order valence-corrected chi connectivity index (χ1v) is 6.63. The Morgan fingerprint density at radius 1 is 1.33 bits per heavy atom. The number of aromatic nitrogens is 1. The molecule has 0 saturated heterocycles. The molecule has 1 aromatic heterocycles. The zero-order valence-corrected chi connectivity index (χ0v) is 10.1. The highest BCUT2D eigenvalue weighted by atomic mass is 32.2. The lowest BCUT2D eigenvalue weighted by Crippen LogP contribution is -1.91. The van der Waals surface area contributed by atoms with Gasteiger partial charge in [-0.2, -0.15) is 4.37 Å². The van der Waals surface area contributed by atoms with Gasteiger partial charge in [0.1, 0.15) is 0 Å². The number of hydrogen-bond acceptors (Lipinski definition) is 4. The molecule has 1 heterocycles. The van der Waals surface area contributed by atoms with E-state index < -0.39 is 0 Å². The predicted molar refractivity (Wildman–Crippen MR) is 67.2 cm³/mol. The molecule has 0 amide bonds. The summed E-state index contributed by atoms with van der Waals surface area (Å²) in [6.07, 6.45) is 2.07. The van der Waals surface area contributed by atoms with Gasteiger partial charge in [-0.1, -0.05) is 12.1 Å². The van der Waals surface area contributed by atoms with E-state index in [1.807, 2.05) is 0 Å². The van der Waals surface area contributed by atoms with E-state index in [1.165, 1.54) is 16.4 Å². The molecule has 78 valence electrons. The molecular weight excluding hydrogens is 224 g/mol. The molecule has 0 unspecified atom stereocenters. The molecule has 0 radical (unpaired) electrons. The van der Waals surface area contributed by atoms with Gasteiger partial charge in [-0.15, -0.1) is 11.8 Å². The van der Waals surface area contributed by atoms with Crippen molar-refractivity contribution < 1.29 is 0 Å². The van der Waals surface area contributed by atoms with Crippen molar-refractivity contribution >= 4 is 23.3 Å². The number of nitrogens with two attached hydrogens (primary N) is 1. The maximum absolute atomic E-state index is 5.55. The van der Waals surface area contributed by atoms with Gasteiger partial charge in [0.2, 0.25) is 0 Å². The summed E-state index contributed by atoms with van der Waals surface area (Å²) in [5.41, 5.74) is 7.73. The zero-order valence-electron chi connectivity index (χ0n) is 8.43. The van der Waals surface area contributed by atoms with Crippen LogP contribution < -0.4 is 5.73 Å². The lowest BCUT2D eigenvalue weighted by molar-refractivity contribution is 1.11. The fourth-order valence-electron chi connectivity index (χ4n) is 1.31. The summed E-state index contributed by atoms with van der Waals surface area (Å²) in [4.78, 5) is 2.40. The van der Waals surface area contributed by atoms with Crippen LogP contribution in [0.4, 0.5) is 0 Å². The molecule has 0 aliphatic carbocycles. The minimum atomic E-state index is 0.570. The number of thioether (sulfide) groups is 1. The normalized spacial score (nSPS) is 10.5. The van der Waals surface area contributed by atoms with E-state index in [9.17, 15) is 0 Å². The van der Waals surface area contributed by atoms with Crippen molar-refractivity contribution in [3.63, 3.8) is 0 Å². The van der Waals surface area contributed by atoms with Crippen molar-refractivity contribution in [1.29, 1.82) is 0 Å². The number of benzene rings is 1. The molecule has 1 aromatic carbocycles. The monoisotopic (exact) mass is 236 g/mol. The molecule has 0 atom stereocenters. The van der Waals surface area contributed by atoms with Crippen LogP contribution >= 0.6 is 23.3 Å². The minimum Gasteiger partial charge on any atom is -0.326 e. The second-order valence-corrected chi connectivity index (χ2v) is 4.88. The third-order valence-electron chi connectivity index (χ3n) is 2.15. The number of rotatable bonds is 3. The first-order valence-electron chi connectivity index (χ1n) is 4.63. The quantitative estimate of drug-likeness (QED) is 0.833. The first-order chi connectivity index (χ1) is 7.33. The third-order valence-corrected chi connectivity index (χ3v) is 3.70. The van der Waals surface area contributed by atoms with Crippen molar-refractivity contribution in [2.45, 2.75) is 11.4 Å². The molecule has 15 heavy (non-hydrogen) atoms. The van der Waals surface area contributed by atoms with E-state index in [2.05, 4.69) is 41.0 Å². The van der Waals surface area contributed by atoms with Crippen LogP contribution in [-0.2, 0) is 6.54 Å². The standard InChI is InChI=1S/C11H12N2S2/c1-14-9-4-2-8(3-5-9)11-6-10(7-12)15-13-11/h2-6H,7,12H2,1H3. The van der Waals surface area contributed by atoms with Crippen LogP contribution in [0.15, 0.2) is 35.2 Å². The summed E-state index contributed by atoms with van der Waals surface area (Å²) in [5.74, 6) is 0. The summed E-state index contributed by atoms with van der Waals surface area (Å²) in [5, 5.41) is 0. The second-order valence-electron chi connectivity index (χ2n) is 3.11. The fourth-order valence-corrected chi connectivity index (χ4v) is 2.33. The van der Waals surface area contributed by atoms with Crippen molar-refractivity contribution in [3.8, 4) is 11.3 Å². The van der Waals surface area contributed by atoms with Gasteiger partial charge < -0.3 is 5.73 Å². The van der Waals surface area contributed by atoms with Crippen LogP contribution in [-0.4, -0.2) is 10.6 Å². The summed E-state index contributed by atoms with van der Waals surface area (Å²) in [7, 11) is 0. The Balaban J connectivity index is 2.28. The second kappa shape index (κ2) is 4.79. The van der Waals surface area contributed by atoms with Crippen LogP contribution in [0.25, 0.3) is 11.3 Å². The highest BCUT2D eigenvalue weighted by Gasteiger charge is 2.03. The molecule has 2 rings (SSSR count). The average Bonchev–Trinajstić information content (AvgIpc) is 2.78. The van der Waals surface area contributed by atoms with Crippen molar-refractivity contribution in [2.75, 3.05) is 6.26 Å². The summed E-state index contributed by atoms with van der Waals surface area (Å²) < 4.78 is 4.37. The predicted octanol–water partition coefficient (Wildman–Crippen LogP) is 2.99. The van der Waals surface area contributed by atoms with Gasteiger partial charge >= 0.3 is 0 Å². The lowest BCUT2D eigenvalue weighted by Gasteiger charge is -1.98. The van der Waals surface area contributed by atoms with E-state index in [0.29, 0.717) is 6.54 Å². The fraction of sp³-hybridized carbons (Fsp3) is 0.182. The number of hydrogen-bond donors (Lipinski definition) is 1. The Morgan fingerprint density at radius 3 is 2.60 bits per heavy atom. The van der Waals surface area contributed by atoms with Crippen LogP contribution in [0.2, 0.25) is 0 Å².